The lowest BCUT2D eigenvalue weighted by molar-refractivity contribution is -0.143. The van der Waals surface area contributed by atoms with Crippen molar-refractivity contribution in [2.75, 3.05) is 23.9 Å². The van der Waals surface area contributed by atoms with E-state index in [0.29, 0.717) is 43.9 Å². The van der Waals surface area contributed by atoms with E-state index in [4.69, 9.17) is 9.47 Å². The number of carbonyl (C=O) groups excluding carboxylic acids is 2. The first kappa shape index (κ1) is 25.5. The largest absolute Gasteiger partial charge is 0.491 e. The highest BCUT2D eigenvalue weighted by Crippen LogP contribution is 2.24. The molecule has 0 aliphatic carbocycles. The number of anilines is 1. The first-order chi connectivity index (χ1) is 14.2. The zero-order valence-electron chi connectivity index (χ0n) is 17.7. The number of para-hydroxylation sites is 2. The van der Waals surface area contributed by atoms with Gasteiger partial charge in [-0.25, -0.2) is 0 Å². The van der Waals surface area contributed by atoms with E-state index in [2.05, 4.69) is 21.2 Å². The predicted octanol–water partition coefficient (Wildman–Crippen LogP) is 6.25. The molecule has 0 saturated carbocycles. The number of amides is 1. The molecule has 5 nitrogen and oxygen atoms in total. The number of carbonyl (C=O) groups is 2. The van der Waals surface area contributed by atoms with Gasteiger partial charge in [0, 0.05) is 18.2 Å². The molecule has 0 aliphatic rings. The molecule has 1 aromatic carbocycles. The van der Waals surface area contributed by atoms with Gasteiger partial charge in [0.2, 0.25) is 5.91 Å². The number of halogens is 1. The molecule has 0 spiro atoms. The minimum atomic E-state index is -0.211. The molecule has 1 rings (SSSR count). The molecule has 164 valence electrons. The summed E-state index contributed by atoms with van der Waals surface area (Å²) in [5.74, 6) is 0.440. The van der Waals surface area contributed by atoms with Crippen molar-refractivity contribution in [3.05, 3.63) is 24.3 Å². The van der Waals surface area contributed by atoms with Gasteiger partial charge in [-0.15, -0.1) is 0 Å². The van der Waals surface area contributed by atoms with Crippen molar-refractivity contribution in [1.82, 2.24) is 0 Å². The van der Waals surface area contributed by atoms with Crippen LogP contribution in [0.4, 0.5) is 5.69 Å². The van der Waals surface area contributed by atoms with Gasteiger partial charge in [0.25, 0.3) is 0 Å². The van der Waals surface area contributed by atoms with Crippen LogP contribution in [-0.2, 0) is 14.3 Å². The van der Waals surface area contributed by atoms with Crippen LogP contribution in [0.5, 0.6) is 5.75 Å². The first-order valence-corrected chi connectivity index (χ1v) is 12.0. The van der Waals surface area contributed by atoms with E-state index < -0.39 is 0 Å². The van der Waals surface area contributed by atoms with Crippen molar-refractivity contribution < 1.29 is 19.1 Å². The molecule has 0 aromatic heterocycles. The zero-order valence-corrected chi connectivity index (χ0v) is 19.3. The molecule has 6 heteroatoms. The van der Waals surface area contributed by atoms with Gasteiger partial charge in [0.05, 0.1) is 18.9 Å². The lowest BCUT2D eigenvalue weighted by Gasteiger charge is -2.12. The number of alkyl halides is 1. The van der Waals surface area contributed by atoms with Crippen molar-refractivity contribution in [1.29, 1.82) is 0 Å². The molecule has 0 atom stereocenters. The minimum Gasteiger partial charge on any atom is -0.491 e. The number of nitrogens with one attached hydrogen (secondary N) is 1. The maximum atomic E-state index is 12.2. The Kier molecular flexibility index (Phi) is 15.2. The quantitative estimate of drug-likeness (QED) is 0.166. The highest BCUT2D eigenvalue weighted by Gasteiger charge is 2.08. The lowest BCUT2D eigenvalue weighted by Crippen LogP contribution is -2.13. The van der Waals surface area contributed by atoms with Crippen molar-refractivity contribution >= 4 is 33.5 Å². The Balaban J connectivity index is 2.20. The third-order valence-corrected chi connectivity index (χ3v) is 5.10. The fraction of sp³-hybridized carbons (Fsp3) is 0.652. The molecule has 0 aliphatic heterocycles. The Labute approximate surface area is 184 Å². The van der Waals surface area contributed by atoms with Gasteiger partial charge in [-0.2, -0.15) is 0 Å². The highest BCUT2D eigenvalue weighted by molar-refractivity contribution is 9.09. The van der Waals surface area contributed by atoms with Gasteiger partial charge in [-0.05, 0) is 38.3 Å². The monoisotopic (exact) mass is 469 g/mol. The molecule has 0 heterocycles. The van der Waals surface area contributed by atoms with Crippen molar-refractivity contribution in [2.24, 2.45) is 0 Å². The Hall–Kier alpha value is -1.56. The first-order valence-electron chi connectivity index (χ1n) is 10.9. The molecule has 0 saturated heterocycles. The van der Waals surface area contributed by atoms with Crippen molar-refractivity contribution in [3.63, 3.8) is 0 Å². The van der Waals surface area contributed by atoms with Gasteiger partial charge < -0.3 is 14.8 Å². The molecule has 0 bridgehead atoms. The summed E-state index contributed by atoms with van der Waals surface area (Å²) in [5.41, 5.74) is 0.681. The summed E-state index contributed by atoms with van der Waals surface area (Å²) in [6.07, 6.45) is 11.1. The summed E-state index contributed by atoms with van der Waals surface area (Å²) in [7, 11) is 0. The lowest BCUT2D eigenvalue weighted by atomic mass is 10.1. The second-order valence-corrected chi connectivity index (χ2v) is 7.86. The second kappa shape index (κ2) is 17.3. The molecule has 1 aromatic rings. The number of hydrogen-bond donors (Lipinski definition) is 1. The maximum absolute atomic E-state index is 12.2. The third-order valence-electron chi connectivity index (χ3n) is 4.54. The zero-order chi connectivity index (χ0) is 21.2. The number of rotatable bonds is 17. The van der Waals surface area contributed by atoms with Crippen LogP contribution in [0.15, 0.2) is 24.3 Å². The van der Waals surface area contributed by atoms with E-state index in [1.807, 2.05) is 24.3 Å². The van der Waals surface area contributed by atoms with Crippen LogP contribution in [-0.4, -0.2) is 30.4 Å². The fourth-order valence-electron chi connectivity index (χ4n) is 2.98. The number of esters is 1. The van der Waals surface area contributed by atoms with Crippen LogP contribution in [0.1, 0.15) is 77.6 Å². The number of ether oxygens (including phenoxy) is 2. The van der Waals surface area contributed by atoms with Gasteiger partial charge >= 0.3 is 5.97 Å². The second-order valence-electron chi connectivity index (χ2n) is 7.07. The van der Waals surface area contributed by atoms with Crippen LogP contribution in [0.2, 0.25) is 0 Å². The highest BCUT2D eigenvalue weighted by atomic mass is 79.9. The molecule has 0 unspecified atom stereocenters. The summed E-state index contributed by atoms with van der Waals surface area (Å²) < 4.78 is 10.6. The van der Waals surface area contributed by atoms with Crippen LogP contribution in [0.3, 0.4) is 0 Å². The topological polar surface area (TPSA) is 64.6 Å². The molecule has 29 heavy (non-hydrogen) atoms. The van der Waals surface area contributed by atoms with Gasteiger partial charge in [-0.1, -0.05) is 66.6 Å². The molecule has 1 amide bonds. The van der Waals surface area contributed by atoms with E-state index in [-0.39, 0.29) is 11.9 Å². The number of unbranched alkanes of at least 4 members (excludes halogenated alkanes) is 7. The average Bonchev–Trinajstić information content (AvgIpc) is 2.71. The Morgan fingerprint density at radius 1 is 0.897 bits per heavy atom. The molecular weight excluding hydrogens is 434 g/mol. The Morgan fingerprint density at radius 3 is 2.24 bits per heavy atom. The van der Waals surface area contributed by atoms with E-state index in [9.17, 15) is 9.59 Å². The third kappa shape index (κ3) is 13.3. The summed E-state index contributed by atoms with van der Waals surface area (Å²) in [4.78, 5) is 23.6. The summed E-state index contributed by atoms with van der Waals surface area (Å²) in [5, 5.41) is 4.05. The van der Waals surface area contributed by atoms with Crippen LogP contribution >= 0.6 is 15.9 Å². The van der Waals surface area contributed by atoms with Gasteiger partial charge in [0.1, 0.15) is 5.75 Å². The van der Waals surface area contributed by atoms with E-state index in [1.165, 1.54) is 38.5 Å². The standard InChI is InChI=1S/C23H36BrNO4/c1-2-28-23(27)17-13-19-29-21-15-11-10-14-20(21)25-22(26)16-9-7-5-3-4-6-8-12-18-24/h10-11,14-15H,2-9,12-13,16-19H2,1H3,(H,25,26). The van der Waals surface area contributed by atoms with Crippen LogP contribution in [0, 0.1) is 0 Å². The van der Waals surface area contributed by atoms with Crippen LogP contribution in [0.25, 0.3) is 0 Å². The molecule has 1 N–H and O–H groups in total. The summed E-state index contributed by atoms with van der Waals surface area (Å²) >= 11 is 3.46. The van der Waals surface area contributed by atoms with E-state index in [1.54, 1.807) is 6.92 Å². The van der Waals surface area contributed by atoms with Gasteiger partial charge in [0.15, 0.2) is 0 Å². The molecular formula is C23H36BrNO4. The normalized spacial score (nSPS) is 10.6. The number of benzene rings is 1. The van der Waals surface area contributed by atoms with Crippen molar-refractivity contribution in [2.45, 2.75) is 77.6 Å². The predicted molar refractivity (Wildman–Crippen MR) is 122 cm³/mol. The fourth-order valence-corrected chi connectivity index (χ4v) is 3.38. The Bertz CT molecular complexity index is 580. The summed E-state index contributed by atoms with van der Waals surface area (Å²) in [6, 6.07) is 7.41. The maximum Gasteiger partial charge on any atom is 0.305 e. The van der Waals surface area contributed by atoms with E-state index in [0.717, 1.165) is 18.2 Å². The van der Waals surface area contributed by atoms with Crippen LogP contribution < -0.4 is 10.1 Å². The van der Waals surface area contributed by atoms with Crippen molar-refractivity contribution in [3.8, 4) is 5.75 Å². The summed E-state index contributed by atoms with van der Waals surface area (Å²) in [6.45, 7) is 2.59. The SMILES string of the molecule is CCOC(=O)CCCOc1ccccc1NC(=O)CCCCCCCCCCBr. The van der Waals surface area contributed by atoms with E-state index >= 15 is 0 Å². The molecule has 0 radical (unpaired) electrons. The smallest absolute Gasteiger partial charge is 0.305 e. The Morgan fingerprint density at radius 2 is 1.55 bits per heavy atom. The minimum absolute atomic E-state index is 0.0184. The number of hydrogen-bond acceptors (Lipinski definition) is 4. The average molecular weight is 470 g/mol. The van der Waals surface area contributed by atoms with Gasteiger partial charge in [-0.3, -0.25) is 9.59 Å². The molecule has 0 fully saturated rings.